The van der Waals surface area contributed by atoms with Crippen LogP contribution in [0, 0.1) is 0 Å². The van der Waals surface area contributed by atoms with Crippen molar-refractivity contribution in [3.8, 4) is 0 Å². The highest BCUT2D eigenvalue weighted by Crippen LogP contribution is 2.36. The fourth-order valence-corrected chi connectivity index (χ4v) is 2.06. The summed E-state index contributed by atoms with van der Waals surface area (Å²) in [5.74, 6) is 0.0588. The molecule has 0 fully saturated rings. The highest BCUT2D eigenvalue weighted by atomic mass is 19.4. The Bertz CT molecular complexity index is 774. The summed E-state index contributed by atoms with van der Waals surface area (Å²) in [6.45, 7) is 0.123. The van der Waals surface area contributed by atoms with E-state index in [1.54, 1.807) is 0 Å². The van der Waals surface area contributed by atoms with E-state index in [1.165, 1.54) is 43.2 Å². The molecule has 2 N–H and O–H groups in total. The molecule has 1 aromatic heterocycles. The minimum absolute atomic E-state index is 0.0585. The predicted molar refractivity (Wildman–Crippen MR) is 80.7 cm³/mol. The lowest BCUT2D eigenvalue weighted by atomic mass is 10.1. The third-order valence-electron chi connectivity index (χ3n) is 3.14. The molecule has 0 spiro atoms. The van der Waals surface area contributed by atoms with Gasteiger partial charge in [-0.05, 0) is 18.2 Å². The number of rotatable bonds is 4. The first kappa shape index (κ1) is 15.8. The Kier molecular flexibility index (Phi) is 4.32. The summed E-state index contributed by atoms with van der Waals surface area (Å²) in [5.41, 5.74) is 2.39. The number of benzene rings is 1. The molecule has 6 nitrogen and oxygen atoms in total. The molecule has 124 valence electrons. The molecule has 0 saturated carbocycles. The van der Waals surface area contributed by atoms with Crippen molar-refractivity contribution in [3.63, 3.8) is 0 Å². The molecular weight excluding hydrogens is 323 g/mol. The lowest BCUT2D eigenvalue weighted by Gasteiger charge is -2.17. The van der Waals surface area contributed by atoms with Gasteiger partial charge in [0, 0.05) is 23.6 Å². The van der Waals surface area contributed by atoms with Gasteiger partial charge in [-0.15, -0.1) is 5.10 Å². The van der Waals surface area contributed by atoms with Crippen LogP contribution in [-0.4, -0.2) is 15.9 Å². The molecule has 1 aliphatic heterocycles. The lowest BCUT2D eigenvalue weighted by molar-refractivity contribution is -0.137. The highest BCUT2D eigenvalue weighted by Gasteiger charge is 2.34. The van der Waals surface area contributed by atoms with Crippen LogP contribution in [0.5, 0.6) is 0 Å². The Labute approximate surface area is 135 Å². The number of hydrogen-bond donors (Lipinski definition) is 2. The molecule has 2 aromatic rings. The summed E-state index contributed by atoms with van der Waals surface area (Å²) in [7, 11) is 0. The fraction of sp³-hybridized carbons (Fsp3) is 0.133. The summed E-state index contributed by atoms with van der Waals surface area (Å²) in [6.07, 6.45) is 2.65. The van der Waals surface area contributed by atoms with E-state index in [0.29, 0.717) is 5.69 Å². The summed E-state index contributed by atoms with van der Waals surface area (Å²) < 4.78 is 45.1. The van der Waals surface area contributed by atoms with Gasteiger partial charge in [-0.25, -0.2) is 0 Å². The Morgan fingerprint density at radius 1 is 1.21 bits per heavy atom. The number of hydrazone groups is 1. The zero-order valence-electron chi connectivity index (χ0n) is 12.2. The molecule has 0 radical (unpaired) electrons. The number of halogens is 3. The standard InChI is InChI=1S/C15H12F3N5O/c16-15(17,18)12-7-10(14-23-22-5-6-24-14)1-2-13(12)21-9-11-8-19-3-4-20-11/h1-8,21-22H,9H2. The first-order chi connectivity index (χ1) is 11.5. The van der Waals surface area contributed by atoms with Gasteiger partial charge < -0.3 is 10.1 Å². The molecule has 24 heavy (non-hydrogen) atoms. The van der Waals surface area contributed by atoms with Crippen LogP contribution in [0.3, 0.4) is 0 Å². The first-order valence-electron chi connectivity index (χ1n) is 6.89. The second-order valence-corrected chi connectivity index (χ2v) is 4.78. The number of aromatic nitrogens is 2. The maximum absolute atomic E-state index is 13.3. The van der Waals surface area contributed by atoms with Crippen molar-refractivity contribution in [3.05, 3.63) is 66.1 Å². The summed E-state index contributed by atoms with van der Waals surface area (Å²) in [4.78, 5) is 7.89. The van der Waals surface area contributed by atoms with Gasteiger partial charge in [-0.1, -0.05) is 0 Å². The smallest absolute Gasteiger partial charge is 0.418 e. The van der Waals surface area contributed by atoms with Crippen LogP contribution in [0.25, 0.3) is 0 Å². The largest absolute Gasteiger partial charge is 0.443 e. The van der Waals surface area contributed by atoms with E-state index in [4.69, 9.17) is 4.74 Å². The number of ether oxygens (including phenoxy) is 1. The zero-order chi connectivity index (χ0) is 17.0. The van der Waals surface area contributed by atoms with E-state index in [9.17, 15) is 13.2 Å². The Morgan fingerprint density at radius 2 is 2.08 bits per heavy atom. The third-order valence-corrected chi connectivity index (χ3v) is 3.14. The molecule has 0 unspecified atom stereocenters. The van der Waals surface area contributed by atoms with Crippen LogP contribution in [-0.2, 0) is 17.5 Å². The highest BCUT2D eigenvalue weighted by molar-refractivity contribution is 5.95. The van der Waals surface area contributed by atoms with Gasteiger partial charge in [0.25, 0.3) is 0 Å². The molecule has 0 aliphatic carbocycles. The van der Waals surface area contributed by atoms with Crippen LogP contribution in [0.1, 0.15) is 16.8 Å². The quantitative estimate of drug-likeness (QED) is 0.899. The number of hydrogen-bond acceptors (Lipinski definition) is 6. The normalized spacial score (nSPS) is 13.7. The number of nitrogens with zero attached hydrogens (tertiary/aromatic N) is 3. The van der Waals surface area contributed by atoms with Crippen molar-refractivity contribution >= 4 is 11.6 Å². The van der Waals surface area contributed by atoms with Gasteiger partial charge in [0.15, 0.2) is 0 Å². The first-order valence-corrected chi connectivity index (χ1v) is 6.89. The Morgan fingerprint density at radius 3 is 2.75 bits per heavy atom. The van der Waals surface area contributed by atoms with E-state index in [1.807, 2.05) is 0 Å². The number of alkyl halides is 3. The van der Waals surface area contributed by atoms with Gasteiger partial charge in [0.05, 0.1) is 30.2 Å². The van der Waals surface area contributed by atoms with Crippen LogP contribution < -0.4 is 10.7 Å². The molecule has 0 atom stereocenters. The van der Waals surface area contributed by atoms with Crippen LogP contribution >= 0.6 is 0 Å². The van der Waals surface area contributed by atoms with E-state index in [-0.39, 0.29) is 23.7 Å². The second kappa shape index (κ2) is 6.57. The molecule has 1 aliphatic rings. The SMILES string of the molecule is FC(F)(F)c1cc(C2=NNC=CO2)ccc1NCc1cnccn1. The average molecular weight is 335 g/mol. The van der Waals surface area contributed by atoms with Crippen molar-refractivity contribution in [2.75, 3.05) is 5.32 Å². The van der Waals surface area contributed by atoms with E-state index < -0.39 is 11.7 Å². The van der Waals surface area contributed by atoms with Gasteiger partial charge in [-0.3, -0.25) is 15.4 Å². The van der Waals surface area contributed by atoms with Gasteiger partial charge in [-0.2, -0.15) is 13.2 Å². The maximum atomic E-state index is 13.3. The minimum atomic E-state index is -4.53. The molecule has 3 rings (SSSR count). The van der Waals surface area contributed by atoms with Crippen molar-refractivity contribution in [1.82, 2.24) is 15.4 Å². The fourth-order valence-electron chi connectivity index (χ4n) is 2.06. The molecule has 0 saturated heterocycles. The van der Waals surface area contributed by atoms with Crippen LogP contribution in [0.2, 0.25) is 0 Å². The number of nitrogens with one attached hydrogen (secondary N) is 2. The van der Waals surface area contributed by atoms with E-state index in [0.717, 1.165) is 6.07 Å². The lowest BCUT2D eigenvalue weighted by Crippen LogP contribution is -2.16. The van der Waals surface area contributed by atoms with E-state index in [2.05, 4.69) is 25.8 Å². The average Bonchev–Trinajstić information content (AvgIpc) is 2.61. The second-order valence-electron chi connectivity index (χ2n) is 4.78. The van der Waals surface area contributed by atoms with Crippen LogP contribution in [0.15, 0.2) is 54.4 Å². The predicted octanol–water partition coefficient (Wildman–Crippen LogP) is 2.86. The maximum Gasteiger partial charge on any atom is 0.418 e. The topological polar surface area (TPSA) is 71.4 Å². The Hall–Kier alpha value is -3.10. The van der Waals surface area contributed by atoms with Gasteiger partial charge >= 0.3 is 6.18 Å². The number of anilines is 1. The molecule has 1 aromatic carbocycles. The Balaban J connectivity index is 1.87. The summed E-state index contributed by atoms with van der Waals surface area (Å²) in [6, 6.07) is 3.81. The zero-order valence-corrected chi connectivity index (χ0v) is 12.2. The van der Waals surface area contributed by atoms with E-state index >= 15 is 0 Å². The molecular formula is C15H12F3N5O. The van der Waals surface area contributed by atoms with Crippen molar-refractivity contribution in [2.24, 2.45) is 5.10 Å². The molecule has 9 heteroatoms. The summed E-state index contributed by atoms with van der Waals surface area (Å²) >= 11 is 0. The van der Waals surface area contributed by atoms with Gasteiger partial charge in [0.1, 0.15) is 6.26 Å². The van der Waals surface area contributed by atoms with Crippen molar-refractivity contribution < 1.29 is 17.9 Å². The minimum Gasteiger partial charge on any atom is -0.443 e. The van der Waals surface area contributed by atoms with Crippen LogP contribution in [0.4, 0.5) is 18.9 Å². The van der Waals surface area contributed by atoms with Crippen molar-refractivity contribution in [1.29, 1.82) is 0 Å². The third kappa shape index (κ3) is 3.62. The molecule has 2 heterocycles. The van der Waals surface area contributed by atoms with Gasteiger partial charge in [0.2, 0.25) is 5.90 Å². The van der Waals surface area contributed by atoms with Crippen molar-refractivity contribution in [2.45, 2.75) is 12.7 Å². The summed E-state index contributed by atoms with van der Waals surface area (Å²) in [5, 5.41) is 6.53. The molecule has 0 amide bonds. The molecule has 0 bridgehead atoms. The monoisotopic (exact) mass is 335 g/mol.